The molecule has 0 heterocycles. The molecule has 14 heteroatoms. The van der Waals surface area contributed by atoms with Crippen LogP contribution >= 0.6 is 0 Å². The van der Waals surface area contributed by atoms with E-state index in [2.05, 4.69) is 179 Å². The highest BCUT2D eigenvalue weighted by molar-refractivity contribution is 7.86. The Bertz CT molecular complexity index is 2730. The quantitative estimate of drug-likeness (QED) is 0.0515. The number of hydrogen-bond acceptors (Lipinski definition) is 6. The second-order valence-electron chi connectivity index (χ2n) is 14.0. The molecule has 0 aromatic heterocycles. The molecule has 0 bridgehead atoms. The Hall–Kier alpha value is -8.14. The first kappa shape index (κ1) is 50.5. The Kier molecular flexibility index (Phi) is 19.3. The zero-order valence-corrected chi connectivity index (χ0v) is 37.3. The average Bonchev–Trinajstić information content (AvgIpc) is 3.32. The molecule has 9 aromatic carbocycles. The van der Waals surface area contributed by atoms with E-state index in [0.29, 0.717) is 21.5 Å². The van der Waals surface area contributed by atoms with Crippen molar-refractivity contribution in [2.75, 3.05) is 0 Å². The van der Waals surface area contributed by atoms with Gasteiger partial charge in [-0.05, 0) is 91.3 Å². The number of nitrogens with two attached hydrogens (primary N) is 6. The van der Waals surface area contributed by atoms with Gasteiger partial charge in [-0.2, -0.15) is 0 Å². The summed E-state index contributed by atoms with van der Waals surface area (Å²) in [5.74, 6) is -0.167. The monoisotopic (exact) mass is 918 g/mol. The Balaban J connectivity index is 0.000000188. The predicted molar refractivity (Wildman–Crippen MR) is 264 cm³/mol. The fourth-order valence-electron chi connectivity index (χ4n) is 6.05. The summed E-state index contributed by atoms with van der Waals surface area (Å²) in [4.78, 5) is -0.670. The molecule has 0 radical (unpaired) electrons. The zero-order valence-electron chi connectivity index (χ0n) is 35.7. The van der Waals surface area contributed by atoms with Crippen LogP contribution in [0.1, 0.15) is 0 Å². The fourth-order valence-corrected chi connectivity index (χ4v) is 7.06. The third-order valence-electron chi connectivity index (χ3n) is 8.96. The lowest BCUT2D eigenvalue weighted by Gasteiger charge is -2.11. The van der Waals surface area contributed by atoms with Crippen LogP contribution < -0.4 is 33.8 Å². The molecule has 0 atom stereocenters. The highest BCUT2D eigenvalue weighted by Gasteiger charge is 2.07. The van der Waals surface area contributed by atoms with Crippen LogP contribution in [0.3, 0.4) is 0 Å². The summed E-state index contributed by atoms with van der Waals surface area (Å²) in [6.07, 6.45) is 0. The van der Waals surface area contributed by atoms with Crippen LogP contribution in [0.25, 0.3) is 54.9 Å². The van der Waals surface area contributed by atoms with Crippen LogP contribution in [0, 0.1) is 0 Å². The van der Waals surface area contributed by atoms with Crippen LogP contribution in [0.5, 0.6) is 0 Å². The van der Waals surface area contributed by atoms with Crippen LogP contribution in [0.2, 0.25) is 0 Å². The highest BCUT2D eigenvalue weighted by Crippen LogP contribution is 2.27. The van der Waals surface area contributed by atoms with Gasteiger partial charge in [-0.3, -0.25) is 33.8 Å². The maximum Gasteiger partial charge on any atom is 0.336 e. The molecule has 0 fully saturated rings. The third kappa shape index (κ3) is 17.6. The lowest BCUT2D eigenvalue weighted by atomic mass is 10.0. The second-order valence-corrected chi connectivity index (χ2v) is 16.7. The molecule has 9 rings (SSSR count). The number of hydrogen-bond donors (Lipinski definition) is 6. The van der Waals surface area contributed by atoms with Gasteiger partial charge in [-0.1, -0.05) is 194 Å². The largest absolute Gasteiger partial charge is 0.744 e. The number of rotatable bonds is 5. The summed E-state index contributed by atoms with van der Waals surface area (Å²) in [5, 5.41) is 11.5. The molecule has 12 nitrogen and oxygen atoms in total. The standard InChI is InChI=1S/C14H10O6S2.3C12H10.2CH5N3/c15-21(16,17)13-3-1-9-5-12-8-14(22(18,19)20)4-2-10(12)6-11(9)7-13;3*1-3-7-11(8-4-1)12-9-5-2-6-10-12;2*2-1(3)4/h1-8H,(H,15,16,17)(H,18,19,20);3*1-10H;2*(H5,2,3,4). The molecular weight excluding hydrogens is 869 g/mol. The van der Waals surface area contributed by atoms with Crippen molar-refractivity contribution in [3.05, 3.63) is 231 Å². The van der Waals surface area contributed by atoms with Gasteiger partial charge in [-0.15, -0.1) is 0 Å². The fraction of sp³-hybridized carbons (Fsp3) is 0. The Morgan fingerprint density at radius 2 is 0.485 bits per heavy atom. The maximum atomic E-state index is 11.0. The summed E-state index contributed by atoms with van der Waals surface area (Å²) in [5.41, 5.74) is 26.0. The Labute approximate surface area is 385 Å². The topological polar surface area (TPSA) is 270 Å². The molecule has 0 aliphatic rings. The van der Waals surface area contributed by atoms with Crippen molar-refractivity contribution in [2.45, 2.75) is 9.79 Å². The van der Waals surface area contributed by atoms with Crippen LogP contribution in [-0.2, 0) is 20.2 Å². The van der Waals surface area contributed by atoms with Crippen molar-refractivity contribution in [2.24, 2.45) is 22.9 Å². The summed E-state index contributed by atoms with van der Waals surface area (Å²) >= 11 is 0. The highest BCUT2D eigenvalue weighted by atomic mass is 32.2. The molecule has 66 heavy (non-hydrogen) atoms. The first-order chi connectivity index (χ1) is 31.5. The van der Waals surface area contributed by atoms with Crippen LogP contribution in [-0.4, -0.2) is 37.9 Å². The minimum atomic E-state index is -4.54. The average molecular weight is 919 g/mol. The maximum absolute atomic E-state index is 11.0. The van der Waals surface area contributed by atoms with E-state index < -0.39 is 20.2 Å². The first-order valence-corrected chi connectivity index (χ1v) is 22.8. The first-order valence-electron chi connectivity index (χ1n) is 20.0. The summed E-state index contributed by atoms with van der Waals surface area (Å²) in [6, 6.07) is 73.4. The van der Waals surface area contributed by atoms with Crippen molar-refractivity contribution in [3.63, 3.8) is 0 Å². The molecule has 0 saturated heterocycles. The van der Waals surface area contributed by atoms with E-state index in [1.165, 1.54) is 69.8 Å². The summed E-state index contributed by atoms with van der Waals surface area (Å²) < 4.78 is 66.2. The number of guanidine groups is 2. The number of benzene rings is 9. The van der Waals surface area contributed by atoms with Crippen LogP contribution in [0.15, 0.2) is 240 Å². The van der Waals surface area contributed by atoms with E-state index in [0.717, 1.165) is 0 Å². The van der Waals surface area contributed by atoms with Crippen molar-refractivity contribution < 1.29 is 36.8 Å². The van der Waals surface area contributed by atoms with Crippen molar-refractivity contribution >= 4 is 53.7 Å². The lowest BCUT2D eigenvalue weighted by molar-refractivity contribution is -0.117. The minimum Gasteiger partial charge on any atom is -0.744 e. The van der Waals surface area contributed by atoms with E-state index in [-0.39, 0.29) is 21.7 Å². The normalized spacial score (nSPS) is 10.3. The van der Waals surface area contributed by atoms with Gasteiger partial charge in [-0.25, -0.2) is 16.8 Å². The summed E-state index contributed by atoms with van der Waals surface area (Å²) in [7, 11) is -9.09. The van der Waals surface area contributed by atoms with Gasteiger partial charge in [0.2, 0.25) is 0 Å². The van der Waals surface area contributed by atoms with Gasteiger partial charge in [0.1, 0.15) is 20.2 Å². The van der Waals surface area contributed by atoms with E-state index in [9.17, 15) is 25.9 Å². The molecular formula is C52H50N6O6S2. The molecule has 12 N–H and O–H groups in total. The summed E-state index contributed by atoms with van der Waals surface area (Å²) in [6.45, 7) is 0. The van der Waals surface area contributed by atoms with Crippen molar-refractivity contribution in [1.82, 2.24) is 0 Å². The number of fused-ring (bicyclic) bond motifs is 2. The molecule has 336 valence electrons. The molecule has 9 aromatic rings. The molecule has 0 spiro atoms. The van der Waals surface area contributed by atoms with E-state index in [4.69, 9.17) is 0 Å². The zero-order chi connectivity index (χ0) is 48.0. The third-order valence-corrected chi connectivity index (χ3v) is 10.6. The van der Waals surface area contributed by atoms with E-state index in [1.807, 2.05) is 36.4 Å². The van der Waals surface area contributed by atoms with Crippen molar-refractivity contribution in [1.29, 1.82) is 0 Å². The van der Waals surface area contributed by atoms with Crippen LogP contribution in [0.4, 0.5) is 0 Å². The predicted octanol–water partition coefficient (Wildman–Crippen LogP) is 5.90. The second kappa shape index (κ2) is 25.2. The molecule has 0 amide bonds. The smallest absolute Gasteiger partial charge is 0.336 e. The van der Waals surface area contributed by atoms with Gasteiger partial charge in [0, 0.05) is 0 Å². The molecule has 0 aliphatic carbocycles. The van der Waals surface area contributed by atoms with E-state index in [1.54, 1.807) is 12.1 Å². The van der Waals surface area contributed by atoms with Gasteiger partial charge >= 0.3 is 11.9 Å². The van der Waals surface area contributed by atoms with Crippen molar-refractivity contribution in [3.8, 4) is 33.4 Å². The Morgan fingerprint density at radius 3 is 0.652 bits per heavy atom. The minimum absolute atomic E-state index is 0.0833. The van der Waals surface area contributed by atoms with Gasteiger partial charge in [0.25, 0.3) is 0 Å². The van der Waals surface area contributed by atoms with Gasteiger partial charge in [0.05, 0.1) is 9.79 Å². The molecule has 0 unspecified atom stereocenters. The van der Waals surface area contributed by atoms with Gasteiger partial charge < -0.3 is 9.11 Å². The molecule has 0 saturated carbocycles. The Morgan fingerprint density at radius 1 is 0.303 bits per heavy atom. The lowest BCUT2D eigenvalue weighted by Crippen LogP contribution is -2.51. The van der Waals surface area contributed by atoms with E-state index >= 15 is 0 Å². The molecule has 0 aliphatic heterocycles. The SMILES string of the molecule is NC(N)=[NH2+].NC(N)=[NH2+].O=S(=O)([O-])c1ccc2cc3cc(S(=O)(=O)[O-])ccc3cc2c1.c1ccc(-c2ccccc2)cc1.c1ccc(-c2ccccc2)cc1.c1ccc(-c2ccccc2)cc1. The van der Waals surface area contributed by atoms with Gasteiger partial charge in [0.15, 0.2) is 0 Å².